The van der Waals surface area contributed by atoms with E-state index in [-0.39, 0.29) is 0 Å². The zero-order valence-corrected chi connectivity index (χ0v) is 21.1. The molecule has 6 heteroatoms. The maximum Gasteiger partial charge on any atom is 0.127 e. The van der Waals surface area contributed by atoms with Gasteiger partial charge in [0, 0.05) is 47.7 Å². The highest BCUT2D eigenvalue weighted by Gasteiger charge is 2.25. The lowest BCUT2D eigenvalue weighted by molar-refractivity contribution is 0.319. The first-order valence-electron chi connectivity index (χ1n) is 12.4. The summed E-state index contributed by atoms with van der Waals surface area (Å²) in [6.45, 7) is 12.7. The van der Waals surface area contributed by atoms with Crippen LogP contribution in [0.3, 0.4) is 0 Å². The first-order valence-corrected chi connectivity index (χ1v) is 12.4. The third-order valence-electron chi connectivity index (χ3n) is 6.25. The van der Waals surface area contributed by atoms with E-state index in [2.05, 4.69) is 95.0 Å². The number of fused-ring (bicyclic) bond motifs is 1. The average molecular weight is 472 g/mol. The number of nitrogens with one attached hydrogen (secondary N) is 3. The molecule has 4 rings (SSSR count). The van der Waals surface area contributed by atoms with Crippen LogP contribution in [0.5, 0.6) is 5.75 Å². The number of aliphatic imine (C=N–C) groups is 1. The van der Waals surface area contributed by atoms with Gasteiger partial charge in [0.1, 0.15) is 12.4 Å². The van der Waals surface area contributed by atoms with Crippen molar-refractivity contribution >= 4 is 22.8 Å². The Morgan fingerprint density at radius 2 is 2.06 bits per heavy atom. The van der Waals surface area contributed by atoms with Gasteiger partial charge in [-0.15, -0.1) is 0 Å². The molecule has 35 heavy (non-hydrogen) atoms. The van der Waals surface area contributed by atoms with Gasteiger partial charge in [-0.3, -0.25) is 4.99 Å². The van der Waals surface area contributed by atoms with Crippen molar-refractivity contribution in [3.8, 4) is 5.75 Å². The fourth-order valence-electron chi connectivity index (χ4n) is 4.40. The lowest BCUT2D eigenvalue weighted by Crippen LogP contribution is -2.29. The van der Waals surface area contributed by atoms with E-state index in [1.807, 2.05) is 6.07 Å². The van der Waals surface area contributed by atoms with Gasteiger partial charge in [0.05, 0.1) is 17.7 Å². The molecule has 0 amide bonds. The van der Waals surface area contributed by atoms with Crippen LogP contribution < -0.4 is 20.7 Å². The van der Waals surface area contributed by atoms with E-state index in [1.165, 1.54) is 41.4 Å². The fraction of sp³-hybridized carbons (Fsp3) is 0.345. The quantitative estimate of drug-likeness (QED) is 0.287. The van der Waals surface area contributed by atoms with Gasteiger partial charge >= 0.3 is 0 Å². The van der Waals surface area contributed by atoms with E-state index < -0.39 is 0 Å². The van der Waals surface area contributed by atoms with E-state index in [0.717, 1.165) is 29.4 Å². The van der Waals surface area contributed by atoms with Gasteiger partial charge in [-0.1, -0.05) is 25.3 Å². The summed E-state index contributed by atoms with van der Waals surface area (Å²) < 4.78 is 8.54. The van der Waals surface area contributed by atoms with Crippen LogP contribution in [-0.2, 0) is 0 Å². The molecular formula is C29H37N5O. The molecule has 6 nitrogen and oxygen atoms in total. The van der Waals surface area contributed by atoms with Crippen LogP contribution in [0.15, 0.2) is 83.9 Å². The molecule has 1 saturated carbocycles. The van der Waals surface area contributed by atoms with Crippen LogP contribution in [0.2, 0.25) is 0 Å². The van der Waals surface area contributed by atoms with Gasteiger partial charge in [-0.05, 0) is 75.5 Å². The van der Waals surface area contributed by atoms with Crippen molar-refractivity contribution in [1.82, 2.24) is 20.5 Å². The van der Waals surface area contributed by atoms with Gasteiger partial charge in [0.2, 0.25) is 0 Å². The molecule has 1 aromatic carbocycles. The molecule has 0 spiro atoms. The monoisotopic (exact) mass is 471 g/mol. The van der Waals surface area contributed by atoms with Gasteiger partial charge in [-0.25, -0.2) is 0 Å². The van der Waals surface area contributed by atoms with E-state index in [9.17, 15) is 0 Å². The molecule has 0 aliphatic heterocycles. The maximum absolute atomic E-state index is 6.02. The van der Waals surface area contributed by atoms with Crippen LogP contribution in [0.4, 0.5) is 0 Å². The lowest BCUT2D eigenvalue weighted by Gasteiger charge is -2.30. The van der Waals surface area contributed by atoms with Crippen molar-refractivity contribution in [2.45, 2.75) is 51.6 Å². The van der Waals surface area contributed by atoms with Crippen molar-refractivity contribution in [3.05, 3.63) is 84.6 Å². The second-order valence-electron chi connectivity index (χ2n) is 9.45. The first-order chi connectivity index (χ1) is 16.9. The van der Waals surface area contributed by atoms with Crippen molar-refractivity contribution in [2.24, 2.45) is 4.99 Å². The predicted molar refractivity (Wildman–Crippen MR) is 147 cm³/mol. The number of ether oxygens (including phenoxy) is 1. The summed E-state index contributed by atoms with van der Waals surface area (Å²) in [6, 6.07) is 9.54. The lowest BCUT2D eigenvalue weighted by atomic mass is 9.92. The SMILES string of the molecule is C=C(COc1ccc2cc(C3=CC=C(NC(=C)NC(C)C)C=CC3)n(C3CCC3)c2c1)NC=NC. The third-order valence-corrected chi connectivity index (χ3v) is 6.25. The number of benzene rings is 1. The highest BCUT2D eigenvalue weighted by atomic mass is 16.5. The molecule has 0 bridgehead atoms. The minimum absolute atomic E-state index is 0.336. The minimum Gasteiger partial charge on any atom is -0.487 e. The third kappa shape index (κ3) is 6.07. The number of hydrogen-bond donors (Lipinski definition) is 3. The molecule has 3 N–H and O–H groups in total. The second kappa shape index (κ2) is 11.2. The Labute approximate surface area is 208 Å². The minimum atomic E-state index is 0.336. The molecule has 1 fully saturated rings. The average Bonchev–Trinajstić information content (AvgIpc) is 2.98. The summed E-state index contributed by atoms with van der Waals surface area (Å²) in [7, 11) is 1.72. The van der Waals surface area contributed by atoms with Crippen molar-refractivity contribution in [1.29, 1.82) is 0 Å². The van der Waals surface area contributed by atoms with Crippen LogP contribution in [0.25, 0.3) is 16.5 Å². The van der Waals surface area contributed by atoms with Crippen LogP contribution in [0, 0.1) is 0 Å². The standard InChI is InChI=1S/C29H37N5O/c1-20(2)32-22(4)33-25-9-6-8-23(12-14-25)28-16-24-13-15-27(35-18-21(3)31-19-30-5)17-29(24)34(28)26-10-7-11-26/h6,9,12-17,19-20,26,32-33H,3-4,7-8,10-11,18H2,1-2,5H3,(H,30,31). The fourth-order valence-corrected chi connectivity index (χ4v) is 4.40. The van der Waals surface area contributed by atoms with Gasteiger partial charge in [-0.2, -0.15) is 0 Å². The topological polar surface area (TPSA) is 62.6 Å². The molecule has 0 saturated heterocycles. The molecule has 184 valence electrons. The molecule has 1 aromatic heterocycles. The smallest absolute Gasteiger partial charge is 0.127 e. The van der Waals surface area contributed by atoms with Crippen molar-refractivity contribution in [2.75, 3.05) is 13.7 Å². The highest BCUT2D eigenvalue weighted by Crippen LogP contribution is 2.40. The van der Waals surface area contributed by atoms with E-state index in [1.54, 1.807) is 13.4 Å². The van der Waals surface area contributed by atoms with Crippen molar-refractivity contribution < 1.29 is 4.74 Å². The predicted octanol–water partition coefficient (Wildman–Crippen LogP) is 5.79. The first kappa shape index (κ1) is 24.5. The summed E-state index contributed by atoms with van der Waals surface area (Å²) >= 11 is 0. The van der Waals surface area contributed by atoms with Gasteiger partial charge in [0.25, 0.3) is 0 Å². The number of rotatable bonds is 11. The maximum atomic E-state index is 6.02. The Kier molecular flexibility index (Phi) is 7.80. The molecular weight excluding hydrogens is 434 g/mol. The molecule has 1 heterocycles. The number of nitrogens with zero attached hydrogens (tertiary/aromatic N) is 2. The van der Waals surface area contributed by atoms with Gasteiger partial charge in [0.15, 0.2) is 0 Å². The summed E-state index contributed by atoms with van der Waals surface area (Å²) in [4.78, 5) is 3.92. The zero-order chi connectivity index (χ0) is 24.8. The van der Waals surface area contributed by atoms with E-state index >= 15 is 0 Å². The Morgan fingerprint density at radius 3 is 2.77 bits per heavy atom. The highest BCUT2D eigenvalue weighted by molar-refractivity contribution is 5.87. The van der Waals surface area contributed by atoms with Crippen LogP contribution >= 0.6 is 0 Å². The molecule has 0 unspecified atom stereocenters. The molecule has 2 aliphatic rings. The molecule has 0 atom stereocenters. The number of aromatic nitrogens is 1. The summed E-state index contributed by atoms with van der Waals surface area (Å²) in [5, 5.41) is 10.9. The Morgan fingerprint density at radius 1 is 1.23 bits per heavy atom. The molecule has 0 radical (unpaired) electrons. The van der Waals surface area contributed by atoms with E-state index in [0.29, 0.717) is 18.7 Å². The zero-order valence-electron chi connectivity index (χ0n) is 21.1. The largest absolute Gasteiger partial charge is 0.487 e. The number of hydrogen-bond acceptors (Lipinski definition) is 4. The Balaban J connectivity index is 1.60. The second-order valence-corrected chi connectivity index (χ2v) is 9.45. The summed E-state index contributed by atoms with van der Waals surface area (Å²) in [5.41, 5.74) is 5.61. The molecule has 2 aromatic rings. The van der Waals surface area contributed by atoms with Gasteiger partial charge < -0.3 is 25.3 Å². The van der Waals surface area contributed by atoms with Crippen LogP contribution in [-0.4, -0.2) is 30.6 Å². The van der Waals surface area contributed by atoms with Crippen molar-refractivity contribution in [3.63, 3.8) is 0 Å². The van der Waals surface area contributed by atoms with E-state index in [4.69, 9.17) is 4.74 Å². The summed E-state index contributed by atoms with van der Waals surface area (Å²) in [6.07, 6.45) is 14.9. The van der Waals surface area contributed by atoms with Crippen LogP contribution in [0.1, 0.15) is 51.3 Å². The normalized spacial score (nSPS) is 16.0. The molecule has 2 aliphatic carbocycles. The Bertz CT molecular complexity index is 1210. The number of allylic oxidation sites excluding steroid dienone is 5. The Hall–Kier alpha value is -3.67. The summed E-state index contributed by atoms with van der Waals surface area (Å²) in [5.74, 6) is 1.65.